The molecule has 1 N–H and O–H groups in total. The summed E-state index contributed by atoms with van der Waals surface area (Å²) >= 11 is 0. The second-order valence-electron chi connectivity index (χ2n) is 5.12. The number of rotatable bonds is 4. The molecule has 0 amide bonds. The lowest BCUT2D eigenvalue weighted by molar-refractivity contribution is 0.0688. The van der Waals surface area contributed by atoms with Crippen LogP contribution in [-0.2, 0) is 6.42 Å². The molecule has 1 aromatic carbocycles. The summed E-state index contributed by atoms with van der Waals surface area (Å²) in [4.78, 5) is 16.1. The maximum absolute atomic E-state index is 11.6. The number of aromatic nitrogens is 2. The van der Waals surface area contributed by atoms with Gasteiger partial charge in [-0.2, -0.15) is 0 Å². The number of carbonyl (C=O) groups is 1. The number of hydrogen-bond acceptors (Lipinski definition) is 3. The number of carboxylic acids is 1. The summed E-state index contributed by atoms with van der Waals surface area (Å²) in [7, 11) is 1.61. The first-order chi connectivity index (χ1) is 10.6. The van der Waals surface area contributed by atoms with Crippen molar-refractivity contribution >= 4 is 11.6 Å². The lowest BCUT2D eigenvalue weighted by atomic mass is 10.1. The van der Waals surface area contributed by atoms with Crippen LogP contribution in [0.25, 0.3) is 5.65 Å². The molecule has 0 radical (unpaired) electrons. The lowest BCUT2D eigenvalue weighted by Gasteiger charge is -2.03. The molecule has 5 nitrogen and oxygen atoms in total. The van der Waals surface area contributed by atoms with E-state index in [1.165, 1.54) is 0 Å². The number of imidazole rings is 1. The van der Waals surface area contributed by atoms with Crippen LogP contribution < -0.4 is 4.74 Å². The third-order valence-electron chi connectivity index (χ3n) is 3.65. The van der Waals surface area contributed by atoms with Crippen LogP contribution >= 0.6 is 0 Å². The molecule has 0 aliphatic rings. The number of aryl methyl sites for hydroxylation is 1. The van der Waals surface area contributed by atoms with Crippen molar-refractivity contribution in [3.05, 3.63) is 65.1 Å². The molecule has 3 aromatic rings. The van der Waals surface area contributed by atoms with E-state index in [9.17, 15) is 9.90 Å². The molecule has 22 heavy (non-hydrogen) atoms. The largest absolute Gasteiger partial charge is 0.497 e. The van der Waals surface area contributed by atoms with Crippen molar-refractivity contribution in [3.63, 3.8) is 0 Å². The minimum absolute atomic E-state index is 0.217. The van der Waals surface area contributed by atoms with Gasteiger partial charge in [-0.1, -0.05) is 18.2 Å². The standard InChI is InChI=1S/C17H16N2O3/c1-11-4-3-9-19-15(17(20)21)14(18-16(11)19)10-12-5-7-13(22-2)8-6-12/h3-9H,10H2,1-2H3,(H,20,21). The quantitative estimate of drug-likeness (QED) is 0.804. The molecule has 0 saturated carbocycles. The van der Waals surface area contributed by atoms with Crippen LogP contribution in [0.4, 0.5) is 0 Å². The summed E-state index contributed by atoms with van der Waals surface area (Å²) in [6, 6.07) is 11.3. The summed E-state index contributed by atoms with van der Waals surface area (Å²) in [5, 5.41) is 9.52. The number of aromatic carboxylic acids is 1. The average molecular weight is 296 g/mol. The van der Waals surface area contributed by atoms with E-state index >= 15 is 0 Å². The Hall–Kier alpha value is -2.82. The van der Waals surface area contributed by atoms with Crippen LogP contribution in [-0.4, -0.2) is 27.6 Å². The highest BCUT2D eigenvalue weighted by Gasteiger charge is 2.19. The summed E-state index contributed by atoms with van der Waals surface area (Å²) in [6.07, 6.45) is 2.20. The normalized spacial score (nSPS) is 10.8. The van der Waals surface area contributed by atoms with Gasteiger partial charge in [0.25, 0.3) is 0 Å². The topological polar surface area (TPSA) is 63.8 Å². The minimum Gasteiger partial charge on any atom is -0.497 e. The molecule has 2 heterocycles. The van der Waals surface area contributed by atoms with E-state index in [-0.39, 0.29) is 5.69 Å². The molecule has 112 valence electrons. The van der Waals surface area contributed by atoms with Crippen molar-refractivity contribution in [3.8, 4) is 5.75 Å². The number of fused-ring (bicyclic) bond motifs is 1. The summed E-state index contributed by atoms with van der Waals surface area (Å²) < 4.78 is 6.77. The fourth-order valence-corrected chi connectivity index (χ4v) is 2.54. The minimum atomic E-state index is -0.971. The summed E-state index contributed by atoms with van der Waals surface area (Å²) in [5.74, 6) is -0.199. The Bertz CT molecular complexity index is 835. The predicted molar refractivity (Wildman–Crippen MR) is 82.7 cm³/mol. The number of benzene rings is 1. The monoisotopic (exact) mass is 296 g/mol. The van der Waals surface area contributed by atoms with Crippen molar-refractivity contribution in [1.29, 1.82) is 0 Å². The van der Waals surface area contributed by atoms with Crippen molar-refractivity contribution in [2.75, 3.05) is 7.11 Å². The van der Waals surface area contributed by atoms with Gasteiger partial charge in [0.2, 0.25) is 0 Å². The molecule has 0 saturated heterocycles. The van der Waals surface area contributed by atoms with E-state index in [4.69, 9.17) is 4.74 Å². The number of pyridine rings is 1. The van der Waals surface area contributed by atoms with Crippen LogP contribution in [0.5, 0.6) is 5.75 Å². The number of carboxylic acid groups (broad SMARTS) is 1. The van der Waals surface area contributed by atoms with Gasteiger partial charge >= 0.3 is 5.97 Å². The van der Waals surface area contributed by atoms with Gasteiger partial charge in [-0.3, -0.25) is 4.40 Å². The molecule has 0 atom stereocenters. The lowest BCUT2D eigenvalue weighted by Crippen LogP contribution is -2.06. The van der Waals surface area contributed by atoms with E-state index < -0.39 is 5.97 Å². The first kappa shape index (κ1) is 14.1. The van der Waals surface area contributed by atoms with Crippen LogP contribution in [0.2, 0.25) is 0 Å². The number of nitrogens with zero attached hydrogens (tertiary/aromatic N) is 2. The molecule has 0 unspecified atom stereocenters. The fourth-order valence-electron chi connectivity index (χ4n) is 2.54. The Morgan fingerprint density at radius 3 is 2.64 bits per heavy atom. The van der Waals surface area contributed by atoms with Crippen LogP contribution in [0.1, 0.15) is 27.3 Å². The van der Waals surface area contributed by atoms with Gasteiger partial charge in [-0.05, 0) is 36.2 Å². The zero-order valence-electron chi connectivity index (χ0n) is 12.4. The maximum atomic E-state index is 11.6. The SMILES string of the molecule is COc1ccc(Cc2nc3c(C)cccn3c2C(=O)O)cc1. The van der Waals surface area contributed by atoms with E-state index in [2.05, 4.69) is 4.98 Å². The highest BCUT2D eigenvalue weighted by atomic mass is 16.5. The van der Waals surface area contributed by atoms with Crippen LogP contribution in [0, 0.1) is 6.92 Å². The van der Waals surface area contributed by atoms with Gasteiger partial charge in [0.05, 0.1) is 12.8 Å². The second-order valence-corrected chi connectivity index (χ2v) is 5.12. The van der Waals surface area contributed by atoms with Crippen molar-refractivity contribution in [1.82, 2.24) is 9.38 Å². The van der Waals surface area contributed by atoms with Crippen molar-refractivity contribution < 1.29 is 14.6 Å². The Balaban J connectivity index is 2.07. The number of hydrogen-bond donors (Lipinski definition) is 1. The van der Waals surface area contributed by atoms with Gasteiger partial charge in [0.15, 0.2) is 5.69 Å². The first-order valence-electron chi connectivity index (χ1n) is 6.93. The number of ether oxygens (including phenoxy) is 1. The van der Waals surface area contributed by atoms with Gasteiger partial charge in [-0.25, -0.2) is 9.78 Å². The Labute approximate surface area is 127 Å². The molecule has 0 spiro atoms. The highest BCUT2D eigenvalue weighted by molar-refractivity contribution is 5.88. The molecule has 0 aliphatic carbocycles. The first-order valence-corrected chi connectivity index (χ1v) is 6.93. The van der Waals surface area contributed by atoms with Crippen molar-refractivity contribution in [2.24, 2.45) is 0 Å². The van der Waals surface area contributed by atoms with Gasteiger partial charge in [-0.15, -0.1) is 0 Å². The number of methoxy groups -OCH3 is 1. The van der Waals surface area contributed by atoms with Crippen molar-refractivity contribution in [2.45, 2.75) is 13.3 Å². The van der Waals surface area contributed by atoms with E-state index in [0.717, 1.165) is 16.9 Å². The highest BCUT2D eigenvalue weighted by Crippen LogP contribution is 2.20. The Morgan fingerprint density at radius 1 is 1.27 bits per heavy atom. The summed E-state index contributed by atoms with van der Waals surface area (Å²) in [6.45, 7) is 1.92. The van der Waals surface area contributed by atoms with Crippen LogP contribution in [0.15, 0.2) is 42.6 Å². The third-order valence-corrected chi connectivity index (χ3v) is 3.65. The average Bonchev–Trinajstić information content (AvgIpc) is 2.87. The maximum Gasteiger partial charge on any atom is 0.354 e. The van der Waals surface area contributed by atoms with Gasteiger partial charge in [0.1, 0.15) is 11.4 Å². The molecular weight excluding hydrogens is 280 g/mol. The summed E-state index contributed by atoms with van der Waals surface area (Å²) in [5.41, 5.74) is 3.40. The molecule has 0 aliphatic heterocycles. The van der Waals surface area contributed by atoms with Gasteiger partial charge < -0.3 is 9.84 Å². The fraction of sp³-hybridized carbons (Fsp3) is 0.176. The Morgan fingerprint density at radius 2 is 2.00 bits per heavy atom. The third kappa shape index (κ3) is 2.41. The zero-order chi connectivity index (χ0) is 15.7. The molecule has 5 heteroatoms. The molecular formula is C17H16N2O3. The van der Waals surface area contributed by atoms with Crippen LogP contribution in [0.3, 0.4) is 0 Å². The zero-order valence-corrected chi connectivity index (χ0v) is 12.4. The molecule has 0 fully saturated rings. The molecule has 2 aromatic heterocycles. The molecule has 0 bridgehead atoms. The predicted octanol–water partition coefficient (Wildman–Crippen LogP) is 2.94. The van der Waals surface area contributed by atoms with Gasteiger partial charge in [0, 0.05) is 12.6 Å². The smallest absolute Gasteiger partial charge is 0.354 e. The molecule has 3 rings (SSSR count). The van der Waals surface area contributed by atoms with E-state index in [1.807, 2.05) is 43.3 Å². The Kier molecular flexibility index (Phi) is 3.55. The van der Waals surface area contributed by atoms with E-state index in [1.54, 1.807) is 17.7 Å². The second kappa shape index (κ2) is 5.52. The van der Waals surface area contributed by atoms with E-state index in [0.29, 0.717) is 17.8 Å².